The second kappa shape index (κ2) is 6.38. The van der Waals surface area contributed by atoms with E-state index >= 15 is 0 Å². The maximum absolute atomic E-state index is 11.9. The number of rotatable bonds is 5. The summed E-state index contributed by atoms with van der Waals surface area (Å²) < 4.78 is 5.16. The molecule has 4 nitrogen and oxygen atoms in total. The van der Waals surface area contributed by atoms with Crippen molar-refractivity contribution in [3.63, 3.8) is 0 Å². The molecule has 114 valence electrons. The molecule has 0 radical (unpaired) electrons. The fraction of sp³-hybridized carbons (Fsp3) is 0.562. The molecule has 1 amide bonds. The number of thioether (sulfide) groups is 1. The van der Waals surface area contributed by atoms with Crippen molar-refractivity contribution in [2.75, 3.05) is 25.5 Å². The number of carbonyl (C=O) groups is 1. The fourth-order valence-corrected chi connectivity index (χ4v) is 3.63. The molecular weight excluding hydrogens is 286 g/mol. The van der Waals surface area contributed by atoms with Crippen LogP contribution >= 0.6 is 11.8 Å². The molecule has 1 heterocycles. The van der Waals surface area contributed by atoms with Crippen LogP contribution in [0.25, 0.3) is 0 Å². The number of nitrogens with one attached hydrogen (secondary N) is 1. The van der Waals surface area contributed by atoms with Crippen molar-refractivity contribution >= 4 is 17.7 Å². The van der Waals surface area contributed by atoms with Gasteiger partial charge in [0.15, 0.2) is 0 Å². The number of hydrogen-bond donors (Lipinski definition) is 2. The van der Waals surface area contributed by atoms with E-state index < -0.39 is 5.60 Å². The van der Waals surface area contributed by atoms with Crippen LogP contribution in [0.5, 0.6) is 0 Å². The minimum absolute atomic E-state index is 0.0409. The largest absolute Gasteiger partial charge is 0.386 e. The van der Waals surface area contributed by atoms with E-state index in [1.54, 1.807) is 11.8 Å². The van der Waals surface area contributed by atoms with Crippen LogP contribution in [0, 0.1) is 0 Å². The van der Waals surface area contributed by atoms with Gasteiger partial charge in [0.1, 0.15) is 5.60 Å². The van der Waals surface area contributed by atoms with Crippen molar-refractivity contribution in [1.29, 1.82) is 0 Å². The van der Waals surface area contributed by atoms with Crippen molar-refractivity contribution in [3.05, 3.63) is 29.3 Å². The van der Waals surface area contributed by atoms with Crippen molar-refractivity contribution in [3.8, 4) is 0 Å². The number of carbonyl (C=O) groups excluding carboxylic acids is 1. The van der Waals surface area contributed by atoms with Gasteiger partial charge in [0.05, 0.1) is 12.4 Å². The third-order valence-electron chi connectivity index (χ3n) is 4.14. The Bertz CT molecular complexity index is 526. The van der Waals surface area contributed by atoms with E-state index in [2.05, 4.69) is 23.5 Å². The normalized spacial score (nSPS) is 24.0. The van der Waals surface area contributed by atoms with Crippen LogP contribution in [0.3, 0.4) is 0 Å². The lowest BCUT2D eigenvalue weighted by Crippen LogP contribution is -2.43. The van der Waals surface area contributed by atoms with Gasteiger partial charge < -0.3 is 15.2 Å². The molecule has 1 fully saturated rings. The van der Waals surface area contributed by atoms with Gasteiger partial charge in [-0.25, -0.2) is 0 Å². The Labute approximate surface area is 129 Å². The van der Waals surface area contributed by atoms with Crippen molar-refractivity contribution in [2.45, 2.75) is 36.2 Å². The molecule has 21 heavy (non-hydrogen) atoms. The lowest BCUT2D eigenvalue weighted by molar-refractivity contribution is -0.119. The maximum Gasteiger partial charge on any atom is 0.230 e. The first kappa shape index (κ1) is 14.9. The Morgan fingerprint density at radius 3 is 3.05 bits per heavy atom. The molecule has 1 aliphatic carbocycles. The number of benzene rings is 1. The average molecular weight is 307 g/mol. The van der Waals surface area contributed by atoms with Gasteiger partial charge >= 0.3 is 0 Å². The van der Waals surface area contributed by atoms with E-state index in [1.807, 2.05) is 0 Å². The first-order valence-corrected chi connectivity index (χ1v) is 8.45. The molecule has 5 heteroatoms. The summed E-state index contributed by atoms with van der Waals surface area (Å²) in [7, 11) is 0. The maximum atomic E-state index is 11.9. The standard InChI is InChI=1S/C16H21NO3S/c18-15(17-10-16(19)6-7-20-11-16)9-21-14-5-4-12-2-1-3-13(12)8-14/h4-5,8,19H,1-3,6-7,9-11H2,(H,17,18). The molecule has 0 aromatic heterocycles. The first-order valence-electron chi connectivity index (χ1n) is 7.46. The highest BCUT2D eigenvalue weighted by atomic mass is 32.2. The van der Waals surface area contributed by atoms with Gasteiger partial charge in [-0.2, -0.15) is 0 Å². The highest BCUT2D eigenvalue weighted by Crippen LogP contribution is 2.27. The summed E-state index contributed by atoms with van der Waals surface area (Å²) in [6.07, 6.45) is 4.17. The minimum atomic E-state index is -0.881. The van der Waals surface area contributed by atoms with E-state index in [0.717, 1.165) is 11.3 Å². The van der Waals surface area contributed by atoms with E-state index in [4.69, 9.17) is 4.74 Å². The summed E-state index contributed by atoms with van der Waals surface area (Å²) in [5.74, 6) is 0.344. The number of amides is 1. The summed E-state index contributed by atoms with van der Waals surface area (Å²) in [6, 6.07) is 6.49. The highest BCUT2D eigenvalue weighted by Gasteiger charge is 2.32. The number of aliphatic hydroxyl groups is 1. The quantitative estimate of drug-likeness (QED) is 0.810. The summed E-state index contributed by atoms with van der Waals surface area (Å²) in [5.41, 5.74) is 2.00. The van der Waals surface area contributed by atoms with Crippen LogP contribution in [0.15, 0.2) is 23.1 Å². The lowest BCUT2D eigenvalue weighted by Gasteiger charge is -2.20. The van der Waals surface area contributed by atoms with Gasteiger partial charge in [-0.05, 0) is 42.5 Å². The van der Waals surface area contributed by atoms with Crippen LogP contribution in [-0.2, 0) is 22.4 Å². The molecule has 0 saturated carbocycles. The lowest BCUT2D eigenvalue weighted by atomic mass is 10.0. The van der Waals surface area contributed by atoms with Gasteiger partial charge in [0.2, 0.25) is 5.91 Å². The Balaban J connectivity index is 1.45. The molecule has 2 N–H and O–H groups in total. The smallest absolute Gasteiger partial charge is 0.230 e. The second-order valence-corrected chi connectivity index (χ2v) is 6.93. The number of aryl methyl sites for hydroxylation is 2. The average Bonchev–Trinajstić information content (AvgIpc) is 3.11. The predicted molar refractivity (Wildman–Crippen MR) is 82.6 cm³/mol. The van der Waals surface area contributed by atoms with Crippen molar-refractivity contribution in [2.24, 2.45) is 0 Å². The predicted octanol–water partition coefficient (Wildman–Crippen LogP) is 1.53. The summed E-state index contributed by atoms with van der Waals surface area (Å²) in [5, 5.41) is 12.9. The fourth-order valence-electron chi connectivity index (χ4n) is 2.84. The van der Waals surface area contributed by atoms with Crippen molar-refractivity contribution < 1.29 is 14.6 Å². The SMILES string of the molecule is O=C(CSc1ccc2c(c1)CCC2)NCC1(O)CCOC1. The molecule has 1 saturated heterocycles. The molecule has 1 atom stereocenters. The van der Waals surface area contributed by atoms with Gasteiger partial charge in [-0.15, -0.1) is 11.8 Å². The van der Waals surface area contributed by atoms with Crippen LogP contribution in [-0.4, -0.2) is 42.1 Å². The third kappa shape index (κ3) is 3.78. The molecule has 0 spiro atoms. The van der Waals surface area contributed by atoms with Crippen molar-refractivity contribution in [1.82, 2.24) is 5.32 Å². The van der Waals surface area contributed by atoms with Gasteiger partial charge in [-0.1, -0.05) is 6.07 Å². The van der Waals surface area contributed by atoms with E-state index in [1.165, 1.54) is 24.0 Å². The number of ether oxygens (including phenoxy) is 1. The molecule has 1 aliphatic heterocycles. The molecule has 3 rings (SSSR count). The van der Waals surface area contributed by atoms with Crippen LogP contribution in [0.4, 0.5) is 0 Å². The minimum Gasteiger partial charge on any atom is -0.386 e. The molecular formula is C16H21NO3S. The zero-order valence-corrected chi connectivity index (χ0v) is 12.9. The molecule has 1 aromatic rings. The first-order chi connectivity index (χ1) is 10.1. The Morgan fingerprint density at radius 1 is 1.38 bits per heavy atom. The summed E-state index contributed by atoms with van der Waals surface area (Å²) in [4.78, 5) is 13.0. The van der Waals surface area contributed by atoms with Crippen LogP contribution in [0.2, 0.25) is 0 Å². The van der Waals surface area contributed by atoms with E-state index in [9.17, 15) is 9.90 Å². The van der Waals surface area contributed by atoms with Gasteiger partial charge in [0, 0.05) is 24.5 Å². The van der Waals surface area contributed by atoms with E-state index in [-0.39, 0.29) is 12.5 Å². The second-order valence-electron chi connectivity index (χ2n) is 5.88. The molecule has 0 bridgehead atoms. The number of hydrogen-bond acceptors (Lipinski definition) is 4. The Kier molecular flexibility index (Phi) is 4.52. The number of fused-ring (bicyclic) bond motifs is 1. The Hall–Kier alpha value is -1.04. The summed E-state index contributed by atoms with van der Waals surface area (Å²) in [6.45, 7) is 1.15. The molecule has 2 aliphatic rings. The third-order valence-corrected chi connectivity index (χ3v) is 5.13. The Morgan fingerprint density at radius 2 is 2.24 bits per heavy atom. The molecule has 1 unspecified atom stereocenters. The van der Waals surface area contributed by atoms with Gasteiger partial charge in [-0.3, -0.25) is 4.79 Å². The zero-order chi connectivity index (χ0) is 14.7. The van der Waals surface area contributed by atoms with Gasteiger partial charge in [0.25, 0.3) is 0 Å². The highest BCUT2D eigenvalue weighted by molar-refractivity contribution is 8.00. The molecule has 1 aromatic carbocycles. The van der Waals surface area contributed by atoms with Crippen LogP contribution in [0.1, 0.15) is 24.0 Å². The zero-order valence-electron chi connectivity index (χ0n) is 12.1. The monoisotopic (exact) mass is 307 g/mol. The van der Waals surface area contributed by atoms with Crippen LogP contribution < -0.4 is 5.32 Å². The summed E-state index contributed by atoms with van der Waals surface area (Å²) >= 11 is 1.55. The van der Waals surface area contributed by atoms with E-state index in [0.29, 0.717) is 25.4 Å². The topological polar surface area (TPSA) is 58.6 Å².